The van der Waals surface area contributed by atoms with Crippen LogP contribution in [0.15, 0.2) is 0 Å². The van der Waals surface area contributed by atoms with Gasteiger partial charge in [0.1, 0.15) is 0 Å². The molecule has 0 rings (SSSR count). The monoisotopic (exact) mass is 826 g/mol. The molecule has 0 saturated heterocycles. The van der Waals surface area contributed by atoms with Gasteiger partial charge in [-0.2, -0.15) is 0 Å². The Hall–Kier alpha value is -1.14. The molecule has 0 aliphatic rings. The van der Waals surface area contributed by atoms with E-state index in [9.17, 15) is 9.59 Å². The molecule has 0 aliphatic heterocycles. The van der Waals surface area contributed by atoms with E-state index >= 15 is 0 Å². The van der Waals surface area contributed by atoms with Crippen molar-refractivity contribution in [2.24, 2.45) is 11.8 Å². The molecule has 0 aromatic carbocycles. The maximum Gasteiger partial charge on any atom is 0.308 e. The molecule has 0 spiro atoms. The summed E-state index contributed by atoms with van der Waals surface area (Å²) in [5, 5.41) is 8.93. The number of aliphatic hydroxyl groups excluding tert-OH is 1. The Morgan fingerprint density at radius 2 is 0.793 bits per heavy atom. The van der Waals surface area contributed by atoms with Crippen molar-refractivity contribution in [3.05, 3.63) is 0 Å². The molecule has 0 radical (unpaired) electrons. The zero-order valence-corrected chi connectivity index (χ0v) is 41.0. The molecule has 58 heavy (non-hydrogen) atoms. The van der Waals surface area contributed by atoms with Crippen molar-refractivity contribution in [2.45, 2.75) is 273 Å². The molecule has 0 saturated carbocycles. The van der Waals surface area contributed by atoms with E-state index in [0.717, 1.165) is 57.5 Å². The predicted molar refractivity (Wildman–Crippen MR) is 255 cm³/mol. The van der Waals surface area contributed by atoms with Crippen LogP contribution in [0.25, 0.3) is 0 Å². The number of ether oxygens (including phenoxy) is 2. The molecule has 0 fully saturated rings. The van der Waals surface area contributed by atoms with Crippen molar-refractivity contribution >= 4 is 11.9 Å². The van der Waals surface area contributed by atoms with E-state index in [1.807, 2.05) is 0 Å². The summed E-state index contributed by atoms with van der Waals surface area (Å²) in [6.45, 7) is 19.5. The number of aliphatic hydroxyl groups is 1. The van der Waals surface area contributed by atoms with Crippen molar-refractivity contribution in [3.63, 3.8) is 0 Å². The van der Waals surface area contributed by atoms with Gasteiger partial charge in [-0.1, -0.05) is 221 Å². The van der Waals surface area contributed by atoms with Gasteiger partial charge in [0.25, 0.3) is 0 Å². The number of carbonyl (C=O) groups is 2. The molecule has 0 aromatic heterocycles. The lowest BCUT2D eigenvalue weighted by Gasteiger charge is -2.22. The van der Waals surface area contributed by atoms with Crippen LogP contribution in [-0.2, 0) is 19.1 Å². The third-order valence-corrected chi connectivity index (χ3v) is 11.6. The zero-order valence-electron chi connectivity index (χ0n) is 41.0. The highest BCUT2D eigenvalue weighted by atomic mass is 16.5. The first-order chi connectivity index (χ1) is 28.3. The van der Waals surface area contributed by atoms with Gasteiger partial charge in [0.2, 0.25) is 0 Å². The summed E-state index contributed by atoms with van der Waals surface area (Å²) in [6.07, 6.45) is 45.2. The Labute approximate surface area is 364 Å². The fourth-order valence-corrected chi connectivity index (χ4v) is 7.60. The summed E-state index contributed by atoms with van der Waals surface area (Å²) in [5.41, 5.74) is 0. The number of nitrogens with zero attached hydrogens (tertiary/aromatic N) is 1. The molecule has 2 atom stereocenters. The Bertz CT molecular complexity index is 777. The van der Waals surface area contributed by atoms with Crippen LogP contribution in [0.1, 0.15) is 273 Å². The number of hydrogen-bond donors (Lipinski definition) is 1. The Balaban J connectivity index is -0.000000796. The van der Waals surface area contributed by atoms with E-state index in [0.29, 0.717) is 13.2 Å². The molecule has 6 nitrogen and oxygen atoms in total. The second-order valence-electron chi connectivity index (χ2n) is 17.6. The van der Waals surface area contributed by atoms with Crippen LogP contribution < -0.4 is 0 Å². The number of esters is 2. The lowest BCUT2D eigenvalue weighted by molar-refractivity contribution is -0.146. The van der Waals surface area contributed by atoms with Crippen LogP contribution in [0.3, 0.4) is 0 Å². The van der Waals surface area contributed by atoms with Crippen LogP contribution >= 0.6 is 0 Å². The van der Waals surface area contributed by atoms with Gasteiger partial charge in [-0.05, 0) is 70.5 Å². The largest absolute Gasteiger partial charge is 0.469 e. The number of unbranched alkanes of at least 4 members (excludes halogenated alkanes) is 24. The number of rotatable bonds is 42. The van der Waals surface area contributed by atoms with E-state index in [2.05, 4.69) is 46.4 Å². The number of hydrogen-bond acceptors (Lipinski definition) is 6. The predicted octanol–water partition coefficient (Wildman–Crippen LogP) is 16.0. The first-order valence-corrected chi connectivity index (χ1v) is 25.8. The first-order valence-electron chi connectivity index (χ1n) is 25.8. The van der Waals surface area contributed by atoms with Crippen LogP contribution in [0, 0.1) is 11.8 Å². The fraction of sp³-hybridized carbons (Fsp3) is 0.962. The average Bonchev–Trinajstić information content (AvgIpc) is 3.22. The number of carbonyl (C=O) groups excluding carboxylic acids is 2. The van der Waals surface area contributed by atoms with Gasteiger partial charge < -0.3 is 19.5 Å². The normalized spacial score (nSPS) is 12.0. The Kier molecular flexibility index (Phi) is 56.8. The lowest BCUT2D eigenvalue weighted by Crippen LogP contribution is -2.27. The lowest BCUT2D eigenvalue weighted by atomic mass is 9.94. The summed E-state index contributed by atoms with van der Waals surface area (Å²) in [4.78, 5) is 24.9. The standard InChI is InChI=1S/C19H39NO3.C17H34O2.C16H34/c1-3-4-5-6-9-14-20(16-11-12-17-21)15-10-7-8-13-18-23-19(2)22;1-4-6-8-10-11-13-15-16(17(18)19-3)14-12-9-7-5-2;1-4-6-8-10-11-13-15-16(3)14-12-9-7-5-2/h21H,3-18H2,1-2H3;16H,4-15H2,1-3H3;16H,4-15H2,1-3H3. The minimum absolute atomic E-state index is 0.00468. The Morgan fingerprint density at radius 1 is 0.466 bits per heavy atom. The summed E-state index contributed by atoms with van der Waals surface area (Å²) < 4.78 is 9.87. The summed E-state index contributed by atoms with van der Waals surface area (Å²) in [7, 11) is 1.52. The first kappa shape index (κ1) is 61.2. The minimum atomic E-state index is -0.178. The van der Waals surface area contributed by atoms with Gasteiger partial charge in [0.05, 0.1) is 19.6 Å². The SMILES string of the molecule is CCCCCCCCC(C)CCCCCC.CCCCCCCCC(CCCCCC)C(=O)OC.CCCCCCCN(CCCCO)CCCCCCOC(C)=O. The maximum absolute atomic E-state index is 11.7. The van der Waals surface area contributed by atoms with Gasteiger partial charge in [0.15, 0.2) is 0 Å². The fourth-order valence-electron chi connectivity index (χ4n) is 7.60. The topological polar surface area (TPSA) is 76.1 Å². The van der Waals surface area contributed by atoms with Gasteiger partial charge in [0, 0.05) is 13.5 Å². The molecule has 350 valence electrons. The van der Waals surface area contributed by atoms with E-state index in [1.54, 1.807) is 0 Å². The summed E-state index contributed by atoms with van der Waals surface area (Å²) in [5.74, 6) is 0.948. The quantitative estimate of drug-likeness (QED) is 0.0488. The van der Waals surface area contributed by atoms with Crippen molar-refractivity contribution in [1.29, 1.82) is 0 Å². The zero-order chi connectivity index (χ0) is 43.6. The van der Waals surface area contributed by atoms with Gasteiger partial charge in [-0.25, -0.2) is 0 Å². The summed E-state index contributed by atoms with van der Waals surface area (Å²) in [6, 6.07) is 0. The molecule has 6 heteroatoms. The van der Waals surface area contributed by atoms with E-state index < -0.39 is 0 Å². The van der Waals surface area contributed by atoms with Crippen LogP contribution in [0.4, 0.5) is 0 Å². The highest BCUT2D eigenvalue weighted by Crippen LogP contribution is 2.21. The van der Waals surface area contributed by atoms with Crippen molar-refractivity contribution in [1.82, 2.24) is 4.90 Å². The Morgan fingerprint density at radius 3 is 1.17 bits per heavy atom. The molecule has 0 heterocycles. The van der Waals surface area contributed by atoms with Crippen molar-refractivity contribution < 1.29 is 24.2 Å². The van der Waals surface area contributed by atoms with Gasteiger partial charge in [-0.3, -0.25) is 9.59 Å². The third-order valence-electron chi connectivity index (χ3n) is 11.6. The molecule has 0 aliphatic carbocycles. The summed E-state index contributed by atoms with van der Waals surface area (Å²) >= 11 is 0. The molecule has 0 amide bonds. The smallest absolute Gasteiger partial charge is 0.308 e. The molecule has 0 aromatic rings. The second kappa shape index (κ2) is 53.9. The third kappa shape index (κ3) is 52.9. The highest BCUT2D eigenvalue weighted by Gasteiger charge is 2.18. The van der Waals surface area contributed by atoms with E-state index in [4.69, 9.17) is 14.6 Å². The number of methoxy groups -OCH3 is 1. The minimum Gasteiger partial charge on any atom is -0.469 e. The molecular weight excluding hydrogens is 719 g/mol. The van der Waals surface area contributed by atoms with Crippen LogP contribution in [-0.4, -0.2) is 61.9 Å². The van der Waals surface area contributed by atoms with Crippen molar-refractivity contribution in [2.75, 3.05) is 40.0 Å². The molecule has 2 unspecified atom stereocenters. The van der Waals surface area contributed by atoms with E-state index in [-0.39, 0.29) is 17.9 Å². The molecule has 1 N–H and O–H groups in total. The highest BCUT2D eigenvalue weighted by molar-refractivity contribution is 5.72. The van der Waals surface area contributed by atoms with E-state index in [1.165, 1.54) is 207 Å². The van der Waals surface area contributed by atoms with Crippen LogP contribution in [0.2, 0.25) is 0 Å². The van der Waals surface area contributed by atoms with Gasteiger partial charge in [-0.15, -0.1) is 0 Å². The van der Waals surface area contributed by atoms with Crippen molar-refractivity contribution in [3.8, 4) is 0 Å². The molecule has 0 bridgehead atoms. The second-order valence-corrected chi connectivity index (χ2v) is 17.6. The molecular formula is C52H107NO5. The van der Waals surface area contributed by atoms with Gasteiger partial charge >= 0.3 is 11.9 Å². The van der Waals surface area contributed by atoms with Crippen LogP contribution in [0.5, 0.6) is 0 Å². The maximum atomic E-state index is 11.7. The average molecular weight is 826 g/mol.